The van der Waals surface area contributed by atoms with E-state index in [0.717, 1.165) is 5.56 Å². The van der Waals surface area contributed by atoms with E-state index in [-0.39, 0.29) is 5.56 Å². The lowest BCUT2D eigenvalue weighted by Gasteiger charge is -2.05. The third-order valence-electron chi connectivity index (χ3n) is 2.44. The molecule has 84 valence electrons. The van der Waals surface area contributed by atoms with Crippen molar-refractivity contribution in [3.63, 3.8) is 0 Å². The third-order valence-corrected chi connectivity index (χ3v) is 2.44. The summed E-state index contributed by atoms with van der Waals surface area (Å²) in [5, 5.41) is 8.77. The van der Waals surface area contributed by atoms with E-state index in [1.54, 1.807) is 18.2 Å². The van der Waals surface area contributed by atoms with Crippen molar-refractivity contribution in [1.29, 1.82) is 5.26 Å². The van der Waals surface area contributed by atoms with Crippen LogP contribution in [0.1, 0.15) is 5.56 Å². The Labute approximate surface area is 97.3 Å². The molecule has 2 rings (SSSR count). The molecule has 0 saturated carbocycles. The van der Waals surface area contributed by atoms with Gasteiger partial charge in [0, 0.05) is 6.20 Å². The first kappa shape index (κ1) is 10.8. The van der Waals surface area contributed by atoms with Gasteiger partial charge >= 0.3 is 0 Å². The van der Waals surface area contributed by atoms with Gasteiger partial charge in [0.1, 0.15) is 11.6 Å². The van der Waals surface area contributed by atoms with E-state index in [2.05, 4.69) is 4.98 Å². The Morgan fingerprint density at radius 2 is 1.88 bits per heavy atom. The molecule has 5 heteroatoms. The van der Waals surface area contributed by atoms with Crippen LogP contribution < -0.4 is 17.0 Å². The van der Waals surface area contributed by atoms with E-state index >= 15 is 0 Å². The highest BCUT2D eigenvalue weighted by molar-refractivity contribution is 5.74. The summed E-state index contributed by atoms with van der Waals surface area (Å²) in [5.41, 5.74) is 13.4. The predicted octanol–water partition coefficient (Wildman–Crippen LogP) is 1.08. The minimum absolute atomic E-state index is 0.0675. The van der Waals surface area contributed by atoms with Gasteiger partial charge in [0.2, 0.25) is 0 Å². The molecule has 0 radical (unpaired) electrons. The highest BCUT2D eigenvalue weighted by Crippen LogP contribution is 2.24. The molecule has 1 aromatic heterocycles. The second kappa shape index (κ2) is 4.02. The number of nitriles is 1. The van der Waals surface area contributed by atoms with E-state index in [0.29, 0.717) is 16.9 Å². The molecule has 1 heterocycles. The van der Waals surface area contributed by atoms with Crippen LogP contribution in [0.3, 0.4) is 0 Å². The number of hydrogen-bond donors (Lipinski definition) is 3. The molecule has 1 aromatic carbocycles. The van der Waals surface area contributed by atoms with Crippen molar-refractivity contribution in [2.24, 2.45) is 0 Å². The van der Waals surface area contributed by atoms with Crippen molar-refractivity contribution >= 4 is 11.4 Å². The summed E-state index contributed by atoms with van der Waals surface area (Å²) in [6.45, 7) is 0. The number of benzene rings is 1. The molecule has 5 nitrogen and oxygen atoms in total. The SMILES string of the molecule is N#Cc1cc(-c2ccc(N)c(N)c2)c[nH]c1=O. The monoisotopic (exact) mass is 226 g/mol. The Bertz CT molecular complexity index is 667. The lowest BCUT2D eigenvalue weighted by atomic mass is 10.0. The number of aromatic amines is 1. The Kier molecular flexibility index (Phi) is 2.55. The van der Waals surface area contributed by atoms with Crippen molar-refractivity contribution in [2.75, 3.05) is 11.5 Å². The number of nitrogens with two attached hydrogens (primary N) is 2. The standard InChI is InChI=1S/C12H10N4O/c13-5-8-3-9(6-16-12(8)17)7-1-2-10(14)11(15)4-7/h1-4,6H,14-15H2,(H,16,17). The molecule has 0 atom stereocenters. The fraction of sp³-hybridized carbons (Fsp3) is 0. The number of nitrogens with one attached hydrogen (secondary N) is 1. The number of anilines is 2. The van der Waals surface area contributed by atoms with Crippen LogP contribution in [0.15, 0.2) is 35.3 Å². The summed E-state index contributed by atoms with van der Waals surface area (Å²) in [4.78, 5) is 13.7. The number of nitrogens with zero attached hydrogens (tertiary/aromatic N) is 1. The average Bonchev–Trinajstić information content (AvgIpc) is 2.33. The second-order valence-corrected chi connectivity index (χ2v) is 3.59. The van der Waals surface area contributed by atoms with E-state index < -0.39 is 5.56 Å². The Morgan fingerprint density at radius 3 is 2.53 bits per heavy atom. The predicted molar refractivity (Wildman–Crippen MR) is 66.0 cm³/mol. The average molecular weight is 226 g/mol. The van der Waals surface area contributed by atoms with E-state index in [1.165, 1.54) is 12.3 Å². The molecular formula is C12H10N4O. The third kappa shape index (κ3) is 1.96. The number of hydrogen-bond acceptors (Lipinski definition) is 4. The molecule has 0 spiro atoms. The Balaban J connectivity index is 2.58. The molecule has 2 aromatic rings. The van der Waals surface area contributed by atoms with E-state index in [1.807, 2.05) is 6.07 Å². The normalized spacial score (nSPS) is 9.82. The van der Waals surface area contributed by atoms with Gasteiger partial charge in [-0.25, -0.2) is 0 Å². The second-order valence-electron chi connectivity index (χ2n) is 3.59. The minimum atomic E-state index is -0.403. The van der Waals surface area contributed by atoms with Crippen molar-refractivity contribution in [2.45, 2.75) is 0 Å². The van der Waals surface area contributed by atoms with Crippen molar-refractivity contribution in [3.8, 4) is 17.2 Å². The van der Waals surface area contributed by atoms with Gasteiger partial charge in [-0.15, -0.1) is 0 Å². The quantitative estimate of drug-likeness (QED) is 0.632. The number of rotatable bonds is 1. The van der Waals surface area contributed by atoms with Crippen LogP contribution in [0.2, 0.25) is 0 Å². The molecule has 0 fully saturated rings. The Hall–Kier alpha value is -2.74. The molecule has 5 N–H and O–H groups in total. The number of nitrogen functional groups attached to an aromatic ring is 2. The van der Waals surface area contributed by atoms with Crippen LogP contribution in [0.25, 0.3) is 11.1 Å². The number of H-pyrrole nitrogens is 1. The fourth-order valence-electron chi connectivity index (χ4n) is 1.49. The van der Waals surface area contributed by atoms with Crippen LogP contribution in [0.4, 0.5) is 11.4 Å². The van der Waals surface area contributed by atoms with Gasteiger partial charge in [-0.1, -0.05) is 6.07 Å². The summed E-state index contributed by atoms with van der Waals surface area (Å²) in [5.74, 6) is 0. The first-order valence-electron chi connectivity index (χ1n) is 4.90. The van der Waals surface area contributed by atoms with E-state index in [4.69, 9.17) is 16.7 Å². The van der Waals surface area contributed by atoms with Gasteiger partial charge in [-0.2, -0.15) is 5.26 Å². The van der Waals surface area contributed by atoms with Crippen LogP contribution in [-0.4, -0.2) is 4.98 Å². The summed E-state index contributed by atoms with van der Waals surface area (Å²) in [7, 11) is 0. The maximum absolute atomic E-state index is 11.2. The zero-order valence-corrected chi connectivity index (χ0v) is 8.90. The summed E-state index contributed by atoms with van der Waals surface area (Å²) >= 11 is 0. The van der Waals surface area contributed by atoms with Gasteiger partial charge in [0.15, 0.2) is 0 Å². The molecule has 0 amide bonds. The highest BCUT2D eigenvalue weighted by Gasteiger charge is 2.04. The summed E-state index contributed by atoms with van der Waals surface area (Å²) in [6.07, 6.45) is 1.54. The van der Waals surface area contributed by atoms with Crippen molar-refractivity contribution in [3.05, 3.63) is 46.4 Å². The first-order valence-corrected chi connectivity index (χ1v) is 4.90. The number of aromatic nitrogens is 1. The minimum Gasteiger partial charge on any atom is -0.397 e. The van der Waals surface area contributed by atoms with E-state index in [9.17, 15) is 4.79 Å². The molecule has 0 aliphatic carbocycles. The topological polar surface area (TPSA) is 109 Å². The highest BCUT2D eigenvalue weighted by atomic mass is 16.1. The largest absolute Gasteiger partial charge is 0.397 e. The van der Waals surface area contributed by atoms with Gasteiger partial charge in [-0.05, 0) is 29.3 Å². The lowest BCUT2D eigenvalue weighted by Crippen LogP contribution is -2.08. The van der Waals surface area contributed by atoms with Crippen molar-refractivity contribution < 1.29 is 0 Å². The molecule has 0 saturated heterocycles. The van der Waals surface area contributed by atoms with Crippen LogP contribution in [0, 0.1) is 11.3 Å². The number of pyridine rings is 1. The first-order chi connectivity index (χ1) is 8.11. The van der Waals surface area contributed by atoms with Crippen molar-refractivity contribution in [1.82, 2.24) is 4.98 Å². The lowest BCUT2D eigenvalue weighted by molar-refractivity contribution is 1.22. The van der Waals surface area contributed by atoms with Gasteiger partial charge in [-0.3, -0.25) is 4.79 Å². The van der Waals surface area contributed by atoms with Gasteiger partial charge < -0.3 is 16.5 Å². The molecule has 0 aliphatic heterocycles. The molecule has 0 aliphatic rings. The zero-order chi connectivity index (χ0) is 12.4. The smallest absolute Gasteiger partial charge is 0.265 e. The maximum Gasteiger partial charge on any atom is 0.265 e. The fourth-order valence-corrected chi connectivity index (χ4v) is 1.49. The molecule has 0 unspecified atom stereocenters. The van der Waals surface area contributed by atoms with Crippen LogP contribution >= 0.6 is 0 Å². The van der Waals surface area contributed by atoms with Gasteiger partial charge in [0.05, 0.1) is 11.4 Å². The maximum atomic E-state index is 11.2. The Morgan fingerprint density at radius 1 is 1.12 bits per heavy atom. The summed E-state index contributed by atoms with van der Waals surface area (Å²) in [6, 6.07) is 8.51. The van der Waals surface area contributed by atoms with Crippen LogP contribution in [-0.2, 0) is 0 Å². The van der Waals surface area contributed by atoms with Gasteiger partial charge in [0.25, 0.3) is 5.56 Å². The molecular weight excluding hydrogens is 216 g/mol. The molecule has 17 heavy (non-hydrogen) atoms. The molecule has 0 bridgehead atoms. The van der Waals surface area contributed by atoms with Crippen LogP contribution in [0.5, 0.6) is 0 Å². The zero-order valence-electron chi connectivity index (χ0n) is 8.90. The summed E-state index contributed by atoms with van der Waals surface area (Å²) < 4.78 is 0.